The average molecular weight is 282 g/mol. The molecule has 0 radical (unpaired) electrons. The van der Waals surface area contributed by atoms with Crippen LogP contribution in [0.25, 0.3) is 16.7 Å². The van der Waals surface area contributed by atoms with Gasteiger partial charge < -0.3 is 0 Å². The summed E-state index contributed by atoms with van der Waals surface area (Å²) in [7, 11) is 0. The summed E-state index contributed by atoms with van der Waals surface area (Å²) in [4.78, 5) is 8.71. The minimum absolute atomic E-state index is 0.765. The number of nitrogens with zero attached hydrogens (tertiary/aromatic N) is 4. The summed E-state index contributed by atoms with van der Waals surface area (Å²) in [6, 6.07) is 8.51. The van der Waals surface area contributed by atoms with Crippen molar-refractivity contribution in [3.05, 3.63) is 42.2 Å². The first kappa shape index (κ1) is 11.9. The Morgan fingerprint density at radius 1 is 1.25 bits per heavy atom. The van der Waals surface area contributed by atoms with Crippen LogP contribution in [0.4, 0.5) is 0 Å². The summed E-state index contributed by atoms with van der Waals surface area (Å²) in [5, 5.41) is 6.42. The van der Waals surface area contributed by atoms with Crippen molar-refractivity contribution in [2.24, 2.45) is 0 Å². The molecule has 0 atom stereocenters. The van der Waals surface area contributed by atoms with Gasteiger partial charge in [-0.2, -0.15) is 5.10 Å². The maximum Gasteiger partial charge on any atom is 0.189 e. The van der Waals surface area contributed by atoms with Gasteiger partial charge in [0.05, 0.1) is 11.7 Å². The molecule has 0 amide bonds. The highest BCUT2D eigenvalue weighted by Crippen LogP contribution is 2.40. The maximum absolute atomic E-state index is 4.51. The molecule has 0 unspecified atom stereocenters. The fraction of sp³-hybridized carbons (Fsp3) is 0.267. The van der Waals surface area contributed by atoms with Gasteiger partial charge in [-0.3, -0.25) is 0 Å². The molecular weight excluding hydrogens is 268 g/mol. The number of fused-ring (bicyclic) bond motifs is 1. The number of rotatable bonds is 3. The Balaban J connectivity index is 1.83. The van der Waals surface area contributed by atoms with E-state index in [-0.39, 0.29) is 0 Å². The van der Waals surface area contributed by atoms with E-state index >= 15 is 0 Å². The Morgan fingerprint density at radius 2 is 2.15 bits per heavy atom. The van der Waals surface area contributed by atoms with Gasteiger partial charge in [0.15, 0.2) is 11.0 Å². The molecule has 2 aromatic heterocycles. The summed E-state index contributed by atoms with van der Waals surface area (Å²) in [5.41, 5.74) is 2.53. The van der Waals surface area contributed by atoms with Crippen molar-refractivity contribution in [3.8, 4) is 5.82 Å². The first-order valence-corrected chi connectivity index (χ1v) is 7.93. The number of thioether (sulfide) groups is 1. The van der Waals surface area contributed by atoms with Gasteiger partial charge in [0.1, 0.15) is 0 Å². The molecule has 20 heavy (non-hydrogen) atoms. The summed E-state index contributed by atoms with van der Waals surface area (Å²) in [6.45, 7) is 0. The largest absolute Gasteiger partial charge is 0.231 e. The average Bonchev–Trinajstić information content (AvgIpc) is 3.26. The molecular formula is C15H14N4S. The molecule has 3 aromatic rings. The van der Waals surface area contributed by atoms with Crippen molar-refractivity contribution >= 4 is 22.7 Å². The lowest BCUT2D eigenvalue weighted by atomic mass is 10.1. The Hall–Kier alpha value is -1.88. The molecule has 1 saturated carbocycles. The third kappa shape index (κ3) is 1.98. The van der Waals surface area contributed by atoms with Crippen LogP contribution in [0.3, 0.4) is 0 Å². The number of aromatic nitrogens is 4. The first-order chi connectivity index (χ1) is 9.85. The Kier molecular flexibility index (Phi) is 2.73. The highest BCUT2D eigenvalue weighted by Gasteiger charge is 2.23. The van der Waals surface area contributed by atoms with Gasteiger partial charge in [-0.1, -0.05) is 17.8 Å². The van der Waals surface area contributed by atoms with Crippen LogP contribution >= 0.6 is 11.8 Å². The van der Waals surface area contributed by atoms with E-state index in [0.717, 1.165) is 22.4 Å². The second-order valence-electron chi connectivity index (χ2n) is 5.05. The van der Waals surface area contributed by atoms with Gasteiger partial charge in [0.25, 0.3) is 0 Å². The number of hydrogen-bond acceptors (Lipinski definition) is 4. The smallest absolute Gasteiger partial charge is 0.189 e. The lowest BCUT2D eigenvalue weighted by Crippen LogP contribution is -2.00. The second-order valence-corrected chi connectivity index (χ2v) is 5.82. The van der Waals surface area contributed by atoms with Crippen molar-refractivity contribution in [2.75, 3.05) is 6.26 Å². The fourth-order valence-corrected chi connectivity index (χ4v) is 2.80. The van der Waals surface area contributed by atoms with E-state index in [1.807, 2.05) is 23.2 Å². The zero-order valence-corrected chi connectivity index (χ0v) is 12.0. The molecule has 0 spiro atoms. The molecule has 5 heteroatoms. The van der Waals surface area contributed by atoms with Gasteiger partial charge >= 0.3 is 0 Å². The van der Waals surface area contributed by atoms with Crippen molar-refractivity contribution in [2.45, 2.75) is 23.9 Å². The minimum Gasteiger partial charge on any atom is -0.231 e. The van der Waals surface area contributed by atoms with Crippen LogP contribution in [-0.2, 0) is 0 Å². The fourth-order valence-electron chi connectivity index (χ4n) is 2.45. The summed E-state index contributed by atoms with van der Waals surface area (Å²) < 4.78 is 1.88. The molecule has 0 saturated heterocycles. The molecule has 1 aliphatic rings. The number of benzene rings is 1. The van der Waals surface area contributed by atoms with Crippen LogP contribution in [0, 0.1) is 0 Å². The molecule has 1 fully saturated rings. The summed E-state index contributed by atoms with van der Waals surface area (Å²) in [5.74, 6) is 1.59. The number of hydrogen-bond donors (Lipinski definition) is 0. The lowest BCUT2D eigenvalue weighted by molar-refractivity contribution is 0.827. The van der Waals surface area contributed by atoms with E-state index in [1.54, 1.807) is 6.20 Å². The Morgan fingerprint density at radius 3 is 2.95 bits per heavy atom. The topological polar surface area (TPSA) is 43.6 Å². The van der Waals surface area contributed by atoms with Crippen molar-refractivity contribution in [1.29, 1.82) is 0 Å². The standard InChI is InChI=1S/C15H14N4S/c1-20-15-16-7-6-14(18-15)19-13-5-4-11(10-2-3-10)8-12(13)9-17-19/h4-10H,2-3H2,1H3. The summed E-state index contributed by atoms with van der Waals surface area (Å²) >= 11 is 1.54. The quantitative estimate of drug-likeness (QED) is 0.545. The van der Waals surface area contributed by atoms with Gasteiger partial charge in [-0.25, -0.2) is 14.6 Å². The molecule has 4 nitrogen and oxygen atoms in total. The lowest BCUT2D eigenvalue weighted by Gasteiger charge is -2.04. The van der Waals surface area contributed by atoms with E-state index in [0.29, 0.717) is 0 Å². The Bertz CT molecular complexity index is 776. The third-order valence-electron chi connectivity index (χ3n) is 3.66. The van der Waals surface area contributed by atoms with E-state index in [9.17, 15) is 0 Å². The van der Waals surface area contributed by atoms with Crippen molar-refractivity contribution in [3.63, 3.8) is 0 Å². The second kappa shape index (κ2) is 4.59. The molecule has 4 rings (SSSR count). The Labute approximate surface area is 121 Å². The van der Waals surface area contributed by atoms with Crippen LogP contribution < -0.4 is 0 Å². The monoisotopic (exact) mass is 282 g/mol. The normalized spacial score (nSPS) is 14.8. The highest BCUT2D eigenvalue weighted by molar-refractivity contribution is 7.98. The van der Waals surface area contributed by atoms with E-state index in [1.165, 1.54) is 35.6 Å². The highest BCUT2D eigenvalue weighted by atomic mass is 32.2. The molecule has 0 aliphatic heterocycles. The van der Waals surface area contributed by atoms with Crippen LogP contribution in [0.2, 0.25) is 0 Å². The van der Waals surface area contributed by atoms with Gasteiger partial charge in [0.2, 0.25) is 0 Å². The molecule has 1 aliphatic carbocycles. The van der Waals surface area contributed by atoms with E-state index < -0.39 is 0 Å². The van der Waals surface area contributed by atoms with Crippen molar-refractivity contribution < 1.29 is 0 Å². The first-order valence-electron chi connectivity index (χ1n) is 6.70. The van der Waals surface area contributed by atoms with Crippen LogP contribution in [-0.4, -0.2) is 26.0 Å². The molecule has 100 valence electrons. The van der Waals surface area contributed by atoms with Crippen LogP contribution in [0.15, 0.2) is 41.8 Å². The van der Waals surface area contributed by atoms with Crippen molar-refractivity contribution in [1.82, 2.24) is 19.7 Å². The van der Waals surface area contributed by atoms with Crippen LogP contribution in [0.5, 0.6) is 0 Å². The van der Waals surface area contributed by atoms with E-state index in [2.05, 4.69) is 33.3 Å². The predicted molar refractivity (Wildman–Crippen MR) is 80.4 cm³/mol. The maximum atomic E-state index is 4.51. The zero-order valence-electron chi connectivity index (χ0n) is 11.2. The van der Waals surface area contributed by atoms with Gasteiger partial charge in [-0.05, 0) is 42.7 Å². The van der Waals surface area contributed by atoms with Gasteiger partial charge in [0, 0.05) is 17.6 Å². The van der Waals surface area contributed by atoms with E-state index in [4.69, 9.17) is 0 Å². The SMILES string of the molecule is CSc1nccc(-n2ncc3cc(C4CC4)ccc32)n1. The predicted octanol–water partition coefficient (Wildman–Crippen LogP) is 3.41. The minimum atomic E-state index is 0.765. The zero-order chi connectivity index (χ0) is 13.5. The molecule has 0 bridgehead atoms. The van der Waals surface area contributed by atoms with Gasteiger partial charge in [-0.15, -0.1) is 0 Å². The molecule has 1 aromatic carbocycles. The third-order valence-corrected chi connectivity index (χ3v) is 4.22. The molecule has 2 heterocycles. The molecule has 0 N–H and O–H groups in total. The van der Waals surface area contributed by atoms with Crippen LogP contribution in [0.1, 0.15) is 24.3 Å². The summed E-state index contributed by atoms with van der Waals surface area (Å²) in [6.07, 6.45) is 8.32.